The minimum absolute atomic E-state index is 0.0886. The number of nitrogens with zero attached hydrogens (tertiary/aromatic N) is 3. The Morgan fingerprint density at radius 2 is 1.83 bits per heavy atom. The molecule has 0 unspecified atom stereocenters. The van der Waals surface area contributed by atoms with Gasteiger partial charge in [0.25, 0.3) is 16.0 Å². The summed E-state index contributed by atoms with van der Waals surface area (Å²) in [7, 11) is -1.83. The Hall–Kier alpha value is -2.98. The van der Waals surface area contributed by atoms with Crippen LogP contribution in [0.1, 0.15) is 61.8 Å². The second kappa shape index (κ2) is 11.4. The molecule has 1 fully saturated rings. The summed E-state index contributed by atoms with van der Waals surface area (Å²) in [4.78, 5) is 9.33. The van der Waals surface area contributed by atoms with E-state index in [1.54, 1.807) is 7.11 Å². The molecule has 0 radical (unpaired) electrons. The maximum atomic E-state index is 11.1. The Balaban J connectivity index is 1.53. The molecule has 2 aromatic heterocycles. The van der Waals surface area contributed by atoms with E-state index in [4.69, 9.17) is 18.2 Å². The first-order chi connectivity index (χ1) is 17.3. The smallest absolute Gasteiger partial charge is 0.264 e. The van der Waals surface area contributed by atoms with E-state index in [2.05, 4.69) is 15.1 Å². The molecule has 0 saturated heterocycles. The van der Waals surface area contributed by atoms with Gasteiger partial charge in [-0.3, -0.25) is 4.18 Å². The maximum absolute atomic E-state index is 11.1. The fourth-order valence-electron chi connectivity index (χ4n) is 4.53. The predicted octanol–water partition coefficient (Wildman–Crippen LogP) is 5.08. The number of methoxy groups -OCH3 is 1. The van der Waals surface area contributed by atoms with Gasteiger partial charge in [0.05, 0.1) is 26.6 Å². The van der Waals surface area contributed by atoms with Crippen molar-refractivity contribution in [3.8, 4) is 34.5 Å². The summed E-state index contributed by atoms with van der Waals surface area (Å²) in [5.41, 5.74) is 4.59. The van der Waals surface area contributed by atoms with Crippen LogP contribution >= 0.6 is 0 Å². The summed E-state index contributed by atoms with van der Waals surface area (Å²) in [5.74, 6) is 2.67. The van der Waals surface area contributed by atoms with Gasteiger partial charge in [0.1, 0.15) is 5.75 Å². The maximum Gasteiger partial charge on any atom is 0.264 e. The highest BCUT2D eigenvalue weighted by Crippen LogP contribution is 2.36. The number of hydrogen-bond acceptors (Lipinski definition) is 9. The summed E-state index contributed by atoms with van der Waals surface area (Å²) in [6.45, 7) is 4.45. The fraction of sp³-hybridized carbons (Fsp3) is 0.500. The quantitative estimate of drug-likeness (QED) is 0.255. The molecule has 194 valence electrons. The minimum Gasteiger partial charge on any atom is -0.493 e. The van der Waals surface area contributed by atoms with E-state index in [-0.39, 0.29) is 6.61 Å². The lowest BCUT2D eigenvalue weighted by Gasteiger charge is -2.14. The van der Waals surface area contributed by atoms with E-state index < -0.39 is 10.1 Å². The Labute approximate surface area is 212 Å². The molecule has 9 nitrogen and oxygen atoms in total. The zero-order chi connectivity index (χ0) is 25.7. The molecule has 1 aromatic carbocycles. The molecule has 0 amide bonds. The first kappa shape index (κ1) is 26.1. The van der Waals surface area contributed by atoms with Crippen LogP contribution in [0.15, 0.2) is 28.8 Å². The van der Waals surface area contributed by atoms with E-state index in [1.165, 1.54) is 12.8 Å². The van der Waals surface area contributed by atoms with Crippen LogP contribution in [0.2, 0.25) is 0 Å². The lowest BCUT2D eigenvalue weighted by molar-refractivity contribution is 0.250. The summed E-state index contributed by atoms with van der Waals surface area (Å²) in [6, 6.07) is 7.82. The molecular weight excluding hydrogens is 482 g/mol. The Kier molecular flexibility index (Phi) is 8.25. The van der Waals surface area contributed by atoms with Crippen molar-refractivity contribution in [3.05, 3.63) is 41.1 Å². The summed E-state index contributed by atoms with van der Waals surface area (Å²) in [5, 5.41) is 4.24. The van der Waals surface area contributed by atoms with Gasteiger partial charge in [-0.05, 0) is 55.5 Å². The fourth-order valence-corrected chi connectivity index (χ4v) is 4.95. The number of pyridine rings is 1. The Morgan fingerprint density at radius 3 is 2.53 bits per heavy atom. The standard InChI is InChI=1S/C26H33N3O6S/c1-5-18-14-20(13-17(2)24(18)33-11-8-12-34-36(4,30)31)25-28-26(35-29-25)21-15-22(19-9-6-7-10-19)27-23(16-21)32-3/h13-16,19H,5-12H2,1-4H3. The zero-order valence-corrected chi connectivity index (χ0v) is 22.1. The highest BCUT2D eigenvalue weighted by Gasteiger charge is 2.22. The molecule has 3 aromatic rings. The first-order valence-electron chi connectivity index (χ1n) is 12.3. The van der Waals surface area contributed by atoms with Crippen LogP contribution in [0, 0.1) is 6.92 Å². The molecule has 0 atom stereocenters. The Bertz CT molecular complexity index is 1300. The van der Waals surface area contributed by atoms with Crippen LogP contribution < -0.4 is 9.47 Å². The average Bonchev–Trinajstić information content (AvgIpc) is 3.56. The van der Waals surface area contributed by atoms with Crippen LogP contribution in [0.5, 0.6) is 11.6 Å². The van der Waals surface area contributed by atoms with Gasteiger partial charge in [-0.25, -0.2) is 4.98 Å². The van der Waals surface area contributed by atoms with Crippen molar-refractivity contribution >= 4 is 10.1 Å². The van der Waals surface area contributed by atoms with Crippen molar-refractivity contribution in [1.82, 2.24) is 15.1 Å². The van der Waals surface area contributed by atoms with Gasteiger partial charge in [0.15, 0.2) is 0 Å². The third-order valence-corrected chi connectivity index (χ3v) is 6.90. The number of benzene rings is 1. The number of aromatic nitrogens is 3. The monoisotopic (exact) mass is 515 g/mol. The molecule has 2 heterocycles. The lowest BCUT2D eigenvalue weighted by Crippen LogP contribution is -2.09. The molecule has 10 heteroatoms. The molecule has 0 N–H and O–H groups in total. The van der Waals surface area contributed by atoms with Gasteiger partial charge in [-0.1, -0.05) is 24.9 Å². The first-order valence-corrected chi connectivity index (χ1v) is 14.1. The van der Waals surface area contributed by atoms with Crippen molar-refractivity contribution in [3.63, 3.8) is 0 Å². The second-order valence-electron chi connectivity index (χ2n) is 9.09. The van der Waals surface area contributed by atoms with Gasteiger partial charge in [0.2, 0.25) is 11.7 Å². The van der Waals surface area contributed by atoms with Gasteiger partial charge in [-0.2, -0.15) is 13.4 Å². The highest BCUT2D eigenvalue weighted by molar-refractivity contribution is 7.85. The molecule has 4 rings (SSSR count). The van der Waals surface area contributed by atoms with Crippen LogP contribution in [0.4, 0.5) is 0 Å². The third-order valence-electron chi connectivity index (χ3n) is 6.30. The van der Waals surface area contributed by atoms with Crippen LogP contribution in [0.3, 0.4) is 0 Å². The van der Waals surface area contributed by atoms with Crippen molar-refractivity contribution in [2.24, 2.45) is 0 Å². The van der Waals surface area contributed by atoms with E-state index in [0.29, 0.717) is 36.5 Å². The molecule has 1 saturated carbocycles. The molecule has 0 spiro atoms. The summed E-state index contributed by atoms with van der Waals surface area (Å²) < 4.78 is 44.0. The van der Waals surface area contributed by atoms with Crippen LogP contribution in [-0.2, 0) is 20.7 Å². The van der Waals surface area contributed by atoms with Gasteiger partial charge in [-0.15, -0.1) is 0 Å². The second-order valence-corrected chi connectivity index (χ2v) is 10.7. The molecule has 1 aliphatic rings. The van der Waals surface area contributed by atoms with Crippen LogP contribution in [-0.4, -0.2) is 50.1 Å². The van der Waals surface area contributed by atoms with Crippen molar-refractivity contribution in [2.45, 2.75) is 58.3 Å². The average molecular weight is 516 g/mol. The number of ether oxygens (including phenoxy) is 2. The largest absolute Gasteiger partial charge is 0.493 e. The van der Waals surface area contributed by atoms with Crippen molar-refractivity contribution in [1.29, 1.82) is 0 Å². The van der Waals surface area contributed by atoms with E-state index in [9.17, 15) is 8.42 Å². The molecule has 0 aliphatic heterocycles. The van der Waals surface area contributed by atoms with E-state index in [0.717, 1.165) is 59.2 Å². The summed E-state index contributed by atoms with van der Waals surface area (Å²) in [6.07, 6.45) is 6.95. The molecule has 36 heavy (non-hydrogen) atoms. The predicted molar refractivity (Wildman–Crippen MR) is 136 cm³/mol. The normalized spacial score (nSPS) is 14.3. The number of rotatable bonds is 11. The topological polar surface area (TPSA) is 114 Å². The van der Waals surface area contributed by atoms with Gasteiger partial charge in [0, 0.05) is 35.2 Å². The van der Waals surface area contributed by atoms with E-state index >= 15 is 0 Å². The number of hydrogen-bond donors (Lipinski definition) is 0. The summed E-state index contributed by atoms with van der Waals surface area (Å²) >= 11 is 0. The van der Waals surface area contributed by atoms with Crippen molar-refractivity contribution < 1.29 is 26.6 Å². The molecule has 1 aliphatic carbocycles. The molecular formula is C26H33N3O6S. The SMILES string of the molecule is CCc1cc(-c2noc(-c3cc(OC)nc(C4CCCC4)c3)n2)cc(C)c1OCCCOS(C)(=O)=O. The highest BCUT2D eigenvalue weighted by atomic mass is 32.2. The van der Waals surface area contributed by atoms with Crippen molar-refractivity contribution in [2.75, 3.05) is 26.6 Å². The number of aryl methyl sites for hydroxylation is 2. The lowest BCUT2D eigenvalue weighted by atomic mass is 10.0. The van der Waals surface area contributed by atoms with E-state index in [1.807, 2.05) is 38.1 Å². The third kappa shape index (κ3) is 6.41. The molecule has 0 bridgehead atoms. The Morgan fingerprint density at radius 1 is 1.06 bits per heavy atom. The van der Waals surface area contributed by atoms with Gasteiger partial charge >= 0.3 is 0 Å². The zero-order valence-electron chi connectivity index (χ0n) is 21.2. The van der Waals surface area contributed by atoms with Gasteiger partial charge < -0.3 is 14.0 Å². The van der Waals surface area contributed by atoms with Crippen LogP contribution in [0.25, 0.3) is 22.8 Å². The minimum atomic E-state index is -3.44.